The van der Waals surface area contributed by atoms with Gasteiger partial charge in [-0.1, -0.05) is 17.4 Å². The lowest BCUT2D eigenvalue weighted by Crippen LogP contribution is -2.50. The SMILES string of the molecule is N=CC(NC(=O)c1nc(-c2c(F)cccc2F)sc1N)C(=NCC(F)F)N1CCC(N)C(F)CC1. The van der Waals surface area contributed by atoms with E-state index in [-0.39, 0.29) is 47.5 Å². The molecular formula is C21H24F5N7OS. The Morgan fingerprint density at radius 2 is 1.97 bits per heavy atom. The highest BCUT2D eigenvalue weighted by Crippen LogP contribution is 2.33. The van der Waals surface area contributed by atoms with Crippen LogP contribution in [0.2, 0.25) is 0 Å². The van der Waals surface area contributed by atoms with Crippen LogP contribution in [0.3, 0.4) is 0 Å². The summed E-state index contributed by atoms with van der Waals surface area (Å²) in [6, 6.07) is 1.22. The molecule has 2 heterocycles. The van der Waals surface area contributed by atoms with Crippen LogP contribution in [0.1, 0.15) is 23.3 Å². The second kappa shape index (κ2) is 11.5. The zero-order chi connectivity index (χ0) is 25.7. The van der Waals surface area contributed by atoms with Crippen molar-refractivity contribution in [1.29, 1.82) is 5.41 Å². The van der Waals surface area contributed by atoms with Crippen LogP contribution in [0.25, 0.3) is 10.6 Å². The number of likely N-dealkylation sites (tertiary alicyclic amines) is 1. The molecule has 0 spiro atoms. The molecule has 3 unspecified atom stereocenters. The van der Waals surface area contributed by atoms with Gasteiger partial charge in [-0.25, -0.2) is 26.9 Å². The van der Waals surface area contributed by atoms with Crippen molar-refractivity contribution < 1.29 is 26.7 Å². The van der Waals surface area contributed by atoms with Gasteiger partial charge in [0.1, 0.15) is 46.2 Å². The fourth-order valence-electron chi connectivity index (χ4n) is 3.57. The van der Waals surface area contributed by atoms with E-state index in [4.69, 9.17) is 16.9 Å². The minimum atomic E-state index is -2.79. The van der Waals surface area contributed by atoms with E-state index < -0.39 is 54.3 Å². The number of aromatic nitrogens is 1. The third-order valence-electron chi connectivity index (χ3n) is 5.36. The number of nitrogens with zero attached hydrogens (tertiary/aromatic N) is 3. The Labute approximate surface area is 201 Å². The minimum Gasteiger partial charge on any atom is -0.389 e. The van der Waals surface area contributed by atoms with Crippen molar-refractivity contribution >= 4 is 34.3 Å². The number of halogens is 5. The lowest BCUT2D eigenvalue weighted by Gasteiger charge is -2.29. The summed E-state index contributed by atoms with van der Waals surface area (Å²) in [6.07, 6.45) is -3.08. The van der Waals surface area contributed by atoms with Crippen LogP contribution in [0.4, 0.5) is 27.0 Å². The number of nitrogens with two attached hydrogens (primary N) is 2. The van der Waals surface area contributed by atoms with Gasteiger partial charge in [0.15, 0.2) is 5.69 Å². The lowest BCUT2D eigenvalue weighted by molar-refractivity contribution is 0.0949. The Morgan fingerprint density at radius 3 is 2.60 bits per heavy atom. The zero-order valence-corrected chi connectivity index (χ0v) is 19.2. The Balaban J connectivity index is 1.87. The number of hydrogen-bond acceptors (Lipinski definition) is 7. The molecule has 3 atom stereocenters. The summed E-state index contributed by atoms with van der Waals surface area (Å²) < 4.78 is 68.1. The molecule has 1 aliphatic rings. The smallest absolute Gasteiger partial charge is 0.273 e. The van der Waals surface area contributed by atoms with Crippen molar-refractivity contribution in [2.45, 2.75) is 37.5 Å². The number of benzene rings is 1. The molecule has 1 aliphatic heterocycles. The average molecular weight is 518 g/mol. The molecule has 0 radical (unpaired) electrons. The van der Waals surface area contributed by atoms with Gasteiger partial charge in [-0.05, 0) is 25.0 Å². The molecule has 35 heavy (non-hydrogen) atoms. The fourth-order valence-corrected chi connectivity index (χ4v) is 4.45. The highest BCUT2D eigenvalue weighted by Gasteiger charge is 2.30. The monoisotopic (exact) mass is 517 g/mol. The maximum absolute atomic E-state index is 14.1. The molecule has 1 saturated heterocycles. The molecule has 14 heteroatoms. The standard InChI is InChI=1S/C21H24F5N7OS/c22-10-4-6-33(7-5-13(10)28)19(30-9-15(25)26)14(8-27)31-20(34)17-18(29)35-21(32-17)16-11(23)2-1-3-12(16)24/h1-3,8,10,13-15,27H,4-7,9,28-29H2,(H,31,34). The molecule has 6 N–H and O–H groups in total. The Morgan fingerprint density at radius 1 is 1.31 bits per heavy atom. The molecule has 8 nitrogen and oxygen atoms in total. The molecule has 190 valence electrons. The largest absolute Gasteiger partial charge is 0.389 e. The molecule has 1 aromatic carbocycles. The number of rotatable bonds is 7. The van der Waals surface area contributed by atoms with E-state index >= 15 is 0 Å². The van der Waals surface area contributed by atoms with Crippen LogP contribution in [-0.2, 0) is 0 Å². The van der Waals surface area contributed by atoms with Crippen molar-refractivity contribution in [3.63, 3.8) is 0 Å². The number of aliphatic imine (C=N–C) groups is 1. The van der Waals surface area contributed by atoms with Gasteiger partial charge in [-0.15, -0.1) is 0 Å². The second-order valence-electron chi connectivity index (χ2n) is 7.78. The molecule has 0 aliphatic carbocycles. The predicted octanol–water partition coefficient (Wildman–Crippen LogP) is 2.84. The van der Waals surface area contributed by atoms with Crippen molar-refractivity contribution in [3.05, 3.63) is 35.5 Å². The lowest BCUT2D eigenvalue weighted by atomic mass is 10.1. The number of thiazole rings is 1. The van der Waals surface area contributed by atoms with Gasteiger partial charge in [-0.3, -0.25) is 9.79 Å². The fraction of sp³-hybridized carbons (Fsp3) is 0.429. The van der Waals surface area contributed by atoms with Crippen molar-refractivity contribution in [2.24, 2.45) is 10.7 Å². The van der Waals surface area contributed by atoms with E-state index in [2.05, 4.69) is 15.3 Å². The van der Waals surface area contributed by atoms with Gasteiger partial charge in [0.25, 0.3) is 12.3 Å². The third-order valence-corrected chi connectivity index (χ3v) is 6.27. The number of anilines is 1. The maximum Gasteiger partial charge on any atom is 0.273 e. The number of carbonyl (C=O) groups excluding carboxylic acids is 1. The van der Waals surface area contributed by atoms with E-state index in [1.165, 1.54) is 11.0 Å². The van der Waals surface area contributed by atoms with Gasteiger partial charge >= 0.3 is 0 Å². The molecule has 0 bridgehead atoms. The molecule has 3 rings (SSSR count). The van der Waals surface area contributed by atoms with E-state index in [1.807, 2.05) is 0 Å². The summed E-state index contributed by atoms with van der Waals surface area (Å²) in [6.45, 7) is -0.626. The summed E-state index contributed by atoms with van der Waals surface area (Å²) in [7, 11) is 0. The van der Waals surface area contributed by atoms with Crippen molar-refractivity contribution in [2.75, 3.05) is 25.4 Å². The van der Waals surface area contributed by atoms with Crippen LogP contribution < -0.4 is 16.8 Å². The van der Waals surface area contributed by atoms with E-state index in [1.54, 1.807) is 0 Å². The van der Waals surface area contributed by atoms with E-state index in [0.717, 1.165) is 18.3 Å². The van der Waals surface area contributed by atoms with Crippen LogP contribution >= 0.6 is 11.3 Å². The average Bonchev–Trinajstić information content (AvgIpc) is 3.10. The van der Waals surface area contributed by atoms with Crippen LogP contribution in [-0.4, -0.2) is 72.2 Å². The van der Waals surface area contributed by atoms with Gasteiger partial charge in [-0.2, -0.15) is 0 Å². The zero-order valence-electron chi connectivity index (χ0n) is 18.4. The number of amides is 1. The first-order valence-corrected chi connectivity index (χ1v) is 11.4. The number of nitrogens with one attached hydrogen (secondary N) is 2. The van der Waals surface area contributed by atoms with E-state index in [0.29, 0.717) is 11.3 Å². The van der Waals surface area contributed by atoms with Crippen LogP contribution in [0.15, 0.2) is 23.2 Å². The minimum absolute atomic E-state index is 0.0180. The first kappa shape index (κ1) is 26.5. The highest BCUT2D eigenvalue weighted by molar-refractivity contribution is 7.19. The Bertz CT molecular complexity index is 1060. The first-order chi connectivity index (χ1) is 16.6. The quantitative estimate of drug-likeness (QED) is 0.255. The van der Waals surface area contributed by atoms with Gasteiger partial charge in [0.05, 0.1) is 5.56 Å². The normalized spacial score (nSPS) is 20.0. The van der Waals surface area contributed by atoms with Crippen molar-refractivity contribution in [3.8, 4) is 10.6 Å². The maximum atomic E-state index is 14.1. The number of amidine groups is 1. The molecule has 1 aromatic heterocycles. The Hall–Kier alpha value is -3.13. The summed E-state index contributed by atoms with van der Waals surface area (Å²) in [5, 5.41) is 9.87. The van der Waals surface area contributed by atoms with Crippen molar-refractivity contribution in [1.82, 2.24) is 15.2 Å². The molecule has 2 aromatic rings. The molecule has 0 saturated carbocycles. The Kier molecular flexibility index (Phi) is 8.72. The summed E-state index contributed by atoms with van der Waals surface area (Å²) in [5.41, 5.74) is 10.8. The molecular weight excluding hydrogens is 493 g/mol. The van der Waals surface area contributed by atoms with Gasteiger partial charge < -0.3 is 27.1 Å². The van der Waals surface area contributed by atoms with Gasteiger partial charge in [0, 0.05) is 25.3 Å². The topological polar surface area (TPSA) is 133 Å². The second-order valence-corrected chi connectivity index (χ2v) is 8.81. The van der Waals surface area contributed by atoms with Crippen LogP contribution in [0, 0.1) is 17.0 Å². The predicted molar refractivity (Wildman–Crippen MR) is 124 cm³/mol. The molecule has 1 amide bonds. The highest BCUT2D eigenvalue weighted by atomic mass is 32.1. The number of carbonyl (C=O) groups is 1. The summed E-state index contributed by atoms with van der Waals surface area (Å²) in [5.74, 6) is -2.76. The van der Waals surface area contributed by atoms with Crippen LogP contribution in [0.5, 0.6) is 0 Å². The molecule has 1 fully saturated rings. The third kappa shape index (κ3) is 6.31. The first-order valence-electron chi connectivity index (χ1n) is 10.6. The summed E-state index contributed by atoms with van der Waals surface area (Å²) >= 11 is 0.686. The number of alkyl halides is 3. The van der Waals surface area contributed by atoms with Gasteiger partial charge in [0.2, 0.25) is 0 Å². The summed E-state index contributed by atoms with van der Waals surface area (Å²) in [4.78, 5) is 22.2. The number of hydrogen-bond donors (Lipinski definition) is 4. The van der Waals surface area contributed by atoms with E-state index in [9.17, 15) is 26.7 Å². The number of nitrogen functional groups attached to an aromatic ring is 1.